The van der Waals surface area contributed by atoms with Crippen LogP contribution in [-0.2, 0) is 4.79 Å². The number of benzene rings is 1. The van der Waals surface area contributed by atoms with Crippen LogP contribution in [0.4, 0.5) is 5.69 Å². The Labute approximate surface area is 141 Å². The van der Waals surface area contributed by atoms with Crippen LogP contribution in [-0.4, -0.2) is 41.5 Å². The van der Waals surface area contributed by atoms with E-state index in [0.29, 0.717) is 31.1 Å². The maximum atomic E-state index is 12.8. The smallest absolute Gasteiger partial charge is 0.276 e. The van der Waals surface area contributed by atoms with Crippen LogP contribution in [0.15, 0.2) is 34.9 Å². The Morgan fingerprint density at radius 3 is 2.58 bits per heavy atom. The maximum Gasteiger partial charge on any atom is 0.276 e. The lowest BCUT2D eigenvalue weighted by Crippen LogP contribution is -2.56. The minimum absolute atomic E-state index is 0.0622. The van der Waals surface area contributed by atoms with Gasteiger partial charge in [-0.1, -0.05) is 23.4 Å². The van der Waals surface area contributed by atoms with Crippen molar-refractivity contribution in [2.75, 3.05) is 24.5 Å². The number of para-hydroxylation sites is 1. The number of aromatic nitrogens is 1. The first-order valence-corrected chi connectivity index (χ1v) is 8.11. The molecule has 126 valence electrons. The van der Waals surface area contributed by atoms with Crippen LogP contribution in [0.2, 0.25) is 0 Å². The minimum atomic E-state index is -0.185. The Morgan fingerprint density at radius 1 is 1.29 bits per heavy atom. The van der Waals surface area contributed by atoms with E-state index in [4.69, 9.17) is 4.52 Å². The zero-order valence-electron chi connectivity index (χ0n) is 14.2. The Morgan fingerprint density at radius 2 is 2.00 bits per heavy atom. The number of amides is 2. The van der Waals surface area contributed by atoms with E-state index in [9.17, 15) is 9.59 Å². The summed E-state index contributed by atoms with van der Waals surface area (Å²) in [5, 5.41) is 3.74. The molecule has 2 heterocycles. The highest BCUT2D eigenvalue weighted by Gasteiger charge is 2.39. The van der Waals surface area contributed by atoms with Crippen molar-refractivity contribution in [1.82, 2.24) is 10.1 Å². The first-order chi connectivity index (χ1) is 11.5. The normalized spacial score (nSPS) is 14.4. The van der Waals surface area contributed by atoms with Gasteiger partial charge in [0, 0.05) is 31.4 Å². The second-order valence-corrected chi connectivity index (χ2v) is 6.10. The van der Waals surface area contributed by atoms with Crippen LogP contribution in [0.1, 0.15) is 28.7 Å². The summed E-state index contributed by atoms with van der Waals surface area (Å²) in [5.74, 6) is 0.312. The van der Waals surface area contributed by atoms with Gasteiger partial charge in [-0.05, 0) is 32.4 Å². The lowest BCUT2D eigenvalue weighted by molar-refractivity contribution is -0.126. The van der Waals surface area contributed by atoms with Gasteiger partial charge in [-0.15, -0.1) is 0 Å². The van der Waals surface area contributed by atoms with Gasteiger partial charge in [-0.25, -0.2) is 0 Å². The number of anilines is 1. The average molecular weight is 327 g/mol. The van der Waals surface area contributed by atoms with E-state index < -0.39 is 0 Å². The van der Waals surface area contributed by atoms with Crippen molar-refractivity contribution >= 4 is 17.5 Å². The molecule has 1 saturated heterocycles. The molecule has 0 unspecified atom stereocenters. The predicted octanol–water partition coefficient (Wildman–Crippen LogP) is 2.42. The summed E-state index contributed by atoms with van der Waals surface area (Å²) in [6.45, 7) is 7.15. The SMILES string of the molecule is CCN(C(=O)C1CN(C(=O)c2cc(C)on2)C1)c1ccccc1C. The molecule has 0 spiro atoms. The quantitative estimate of drug-likeness (QED) is 0.865. The van der Waals surface area contributed by atoms with Gasteiger partial charge in [0.1, 0.15) is 5.76 Å². The van der Waals surface area contributed by atoms with Crippen molar-refractivity contribution in [1.29, 1.82) is 0 Å². The van der Waals surface area contributed by atoms with E-state index in [-0.39, 0.29) is 17.7 Å². The van der Waals surface area contributed by atoms with Crippen molar-refractivity contribution in [3.63, 3.8) is 0 Å². The van der Waals surface area contributed by atoms with Gasteiger partial charge in [-0.3, -0.25) is 9.59 Å². The first-order valence-electron chi connectivity index (χ1n) is 8.11. The molecule has 1 aromatic heterocycles. The number of likely N-dealkylation sites (tertiary alicyclic amines) is 1. The molecule has 0 aliphatic carbocycles. The van der Waals surface area contributed by atoms with Crippen LogP contribution < -0.4 is 4.90 Å². The van der Waals surface area contributed by atoms with E-state index in [1.54, 1.807) is 22.8 Å². The summed E-state index contributed by atoms with van der Waals surface area (Å²) in [7, 11) is 0. The first kappa shape index (κ1) is 16.2. The molecule has 1 aromatic carbocycles. The molecule has 0 bridgehead atoms. The van der Waals surface area contributed by atoms with Gasteiger partial charge in [0.05, 0.1) is 5.92 Å². The van der Waals surface area contributed by atoms with Crippen LogP contribution in [0.5, 0.6) is 0 Å². The molecular formula is C18H21N3O3. The van der Waals surface area contributed by atoms with Gasteiger partial charge in [0.25, 0.3) is 5.91 Å². The van der Waals surface area contributed by atoms with Crippen molar-refractivity contribution in [3.05, 3.63) is 47.3 Å². The van der Waals surface area contributed by atoms with Crippen molar-refractivity contribution in [2.45, 2.75) is 20.8 Å². The molecule has 1 aliphatic heterocycles. The Bertz CT molecular complexity index is 762. The number of hydrogen-bond donors (Lipinski definition) is 0. The minimum Gasteiger partial charge on any atom is -0.361 e. The lowest BCUT2D eigenvalue weighted by Gasteiger charge is -2.40. The van der Waals surface area contributed by atoms with Crippen molar-refractivity contribution in [2.24, 2.45) is 5.92 Å². The topological polar surface area (TPSA) is 66.7 Å². The number of aryl methyl sites for hydroxylation is 2. The fourth-order valence-corrected chi connectivity index (χ4v) is 2.96. The summed E-state index contributed by atoms with van der Waals surface area (Å²) in [4.78, 5) is 28.4. The molecule has 2 aromatic rings. The number of carbonyl (C=O) groups excluding carboxylic acids is 2. The Balaban J connectivity index is 1.65. The van der Waals surface area contributed by atoms with E-state index in [2.05, 4.69) is 5.16 Å². The van der Waals surface area contributed by atoms with E-state index in [1.807, 2.05) is 38.1 Å². The average Bonchev–Trinajstić information content (AvgIpc) is 2.95. The number of nitrogens with zero attached hydrogens (tertiary/aromatic N) is 3. The Hall–Kier alpha value is -2.63. The lowest BCUT2D eigenvalue weighted by atomic mass is 9.97. The fraction of sp³-hybridized carbons (Fsp3) is 0.389. The van der Waals surface area contributed by atoms with Crippen molar-refractivity contribution < 1.29 is 14.1 Å². The molecule has 1 aliphatic rings. The third-order valence-corrected chi connectivity index (χ3v) is 4.35. The van der Waals surface area contributed by atoms with Crippen molar-refractivity contribution in [3.8, 4) is 0 Å². The molecule has 0 radical (unpaired) electrons. The third kappa shape index (κ3) is 2.91. The molecule has 0 N–H and O–H groups in total. The highest BCUT2D eigenvalue weighted by Crippen LogP contribution is 2.26. The van der Waals surface area contributed by atoms with Crippen LogP contribution in [0.3, 0.4) is 0 Å². The fourth-order valence-electron chi connectivity index (χ4n) is 2.96. The molecular weight excluding hydrogens is 306 g/mol. The molecule has 6 heteroatoms. The number of hydrogen-bond acceptors (Lipinski definition) is 4. The van der Waals surface area contributed by atoms with Gasteiger partial charge in [-0.2, -0.15) is 0 Å². The van der Waals surface area contributed by atoms with Crippen LogP contribution in [0, 0.1) is 19.8 Å². The molecule has 24 heavy (non-hydrogen) atoms. The van der Waals surface area contributed by atoms with Gasteiger partial charge < -0.3 is 14.3 Å². The number of carbonyl (C=O) groups is 2. The summed E-state index contributed by atoms with van der Waals surface area (Å²) >= 11 is 0. The zero-order valence-corrected chi connectivity index (χ0v) is 14.2. The van der Waals surface area contributed by atoms with Gasteiger partial charge in [0.15, 0.2) is 5.69 Å². The van der Waals surface area contributed by atoms with Gasteiger partial charge in [0.2, 0.25) is 5.91 Å². The Kier molecular flexibility index (Phi) is 4.38. The predicted molar refractivity (Wildman–Crippen MR) is 89.8 cm³/mol. The molecule has 1 fully saturated rings. The molecule has 3 rings (SSSR count). The molecule has 6 nitrogen and oxygen atoms in total. The largest absolute Gasteiger partial charge is 0.361 e. The summed E-state index contributed by atoms with van der Waals surface area (Å²) in [5.41, 5.74) is 2.30. The second kappa shape index (κ2) is 6.47. The highest BCUT2D eigenvalue weighted by molar-refractivity contribution is 5.99. The molecule has 2 amide bonds. The standard InChI is InChI=1S/C18H21N3O3/c1-4-21(16-8-6-5-7-12(16)2)17(22)14-10-20(11-14)18(23)15-9-13(3)24-19-15/h5-9,14H,4,10-11H2,1-3H3. The monoisotopic (exact) mass is 327 g/mol. The summed E-state index contributed by atoms with van der Waals surface area (Å²) < 4.78 is 4.93. The van der Waals surface area contributed by atoms with Crippen LogP contribution >= 0.6 is 0 Å². The van der Waals surface area contributed by atoms with Crippen LogP contribution in [0.25, 0.3) is 0 Å². The van der Waals surface area contributed by atoms with E-state index >= 15 is 0 Å². The maximum absolute atomic E-state index is 12.8. The molecule has 0 atom stereocenters. The second-order valence-electron chi connectivity index (χ2n) is 6.10. The number of rotatable bonds is 4. The highest BCUT2D eigenvalue weighted by atomic mass is 16.5. The summed E-state index contributed by atoms with van der Waals surface area (Å²) in [6, 6.07) is 9.46. The van der Waals surface area contributed by atoms with E-state index in [1.165, 1.54) is 0 Å². The third-order valence-electron chi connectivity index (χ3n) is 4.35. The molecule has 0 saturated carbocycles. The zero-order chi connectivity index (χ0) is 17.3. The van der Waals surface area contributed by atoms with Gasteiger partial charge >= 0.3 is 0 Å². The summed E-state index contributed by atoms with van der Waals surface area (Å²) in [6.07, 6.45) is 0. The van der Waals surface area contributed by atoms with E-state index in [0.717, 1.165) is 11.3 Å².